The van der Waals surface area contributed by atoms with Gasteiger partial charge in [-0.15, -0.1) is 12.4 Å². The number of furan rings is 1. The molecule has 2 saturated heterocycles. The number of hydrogen-bond acceptors (Lipinski definition) is 4. The van der Waals surface area contributed by atoms with Crippen molar-refractivity contribution in [2.75, 3.05) is 26.2 Å². The summed E-state index contributed by atoms with van der Waals surface area (Å²) in [5.74, 6) is 0.705. The van der Waals surface area contributed by atoms with E-state index in [2.05, 4.69) is 15.5 Å². The van der Waals surface area contributed by atoms with Gasteiger partial charge in [0.15, 0.2) is 11.5 Å². The number of nitrogens with zero attached hydrogens (tertiary/aromatic N) is 2. The van der Waals surface area contributed by atoms with Gasteiger partial charge in [-0.3, -0.25) is 9.89 Å². The minimum Gasteiger partial charge on any atom is -0.463 e. The first-order chi connectivity index (χ1) is 10.8. The second-order valence-electron chi connectivity index (χ2n) is 6.36. The predicted octanol–water partition coefficient (Wildman–Crippen LogP) is 2.31. The molecule has 0 saturated carbocycles. The highest BCUT2D eigenvalue weighted by molar-refractivity contribution is 5.93. The van der Waals surface area contributed by atoms with Crippen LogP contribution in [0.1, 0.15) is 29.8 Å². The van der Waals surface area contributed by atoms with Crippen LogP contribution in [0.2, 0.25) is 0 Å². The third kappa shape index (κ3) is 3.01. The molecule has 0 aliphatic carbocycles. The van der Waals surface area contributed by atoms with E-state index < -0.39 is 0 Å². The zero-order valence-corrected chi connectivity index (χ0v) is 13.7. The topological polar surface area (TPSA) is 74.2 Å². The molecule has 7 heteroatoms. The Bertz CT molecular complexity index is 651. The van der Waals surface area contributed by atoms with Gasteiger partial charge in [-0.1, -0.05) is 0 Å². The number of amides is 1. The van der Waals surface area contributed by atoms with Crippen molar-refractivity contribution < 1.29 is 9.21 Å². The van der Waals surface area contributed by atoms with Crippen LogP contribution >= 0.6 is 12.4 Å². The van der Waals surface area contributed by atoms with Crippen molar-refractivity contribution >= 4 is 18.3 Å². The molecule has 0 radical (unpaired) electrons. The number of aromatic nitrogens is 2. The van der Waals surface area contributed by atoms with Crippen molar-refractivity contribution in [3.05, 3.63) is 30.2 Å². The van der Waals surface area contributed by atoms with Crippen LogP contribution in [0.4, 0.5) is 0 Å². The molecular formula is C16H21ClN4O2. The summed E-state index contributed by atoms with van der Waals surface area (Å²) in [5.41, 5.74) is 1.62. The lowest BCUT2D eigenvalue weighted by molar-refractivity contribution is 0.0602. The average Bonchev–Trinajstić information content (AvgIpc) is 3.29. The molecule has 6 nitrogen and oxygen atoms in total. The lowest BCUT2D eigenvalue weighted by Gasteiger charge is -2.38. The maximum absolute atomic E-state index is 12.6. The lowest BCUT2D eigenvalue weighted by Crippen LogP contribution is -2.44. The van der Waals surface area contributed by atoms with Crippen molar-refractivity contribution in [2.45, 2.75) is 19.3 Å². The monoisotopic (exact) mass is 336 g/mol. The van der Waals surface area contributed by atoms with E-state index in [1.807, 2.05) is 17.0 Å². The molecule has 124 valence electrons. The smallest absolute Gasteiger partial charge is 0.274 e. The number of hydrogen-bond donors (Lipinski definition) is 2. The molecule has 2 aliphatic heterocycles. The fraction of sp³-hybridized carbons (Fsp3) is 0.500. The van der Waals surface area contributed by atoms with Gasteiger partial charge in [0.25, 0.3) is 5.91 Å². The highest BCUT2D eigenvalue weighted by Crippen LogP contribution is 2.37. The Hall–Kier alpha value is -1.79. The first-order valence-electron chi connectivity index (χ1n) is 7.85. The molecule has 2 aromatic rings. The minimum absolute atomic E-state index is 0. The zero-order chi connectivity index (χ0) is 15.0. The molecular weight excluding hydrogens is 316 g/mol. The highest BCUT2D eigenvalue weighted by atomic mass is 35.5. The fourth-order valence-corrected chi connectivity index (χ4v) is 3.56. The van der Waals surface area contributed by atoms with Gasteiger partial charge in [0, 0.05) is 25.7 Å². The Morgan fingerprint density at radius 2 is 2.13 bits per heavy atom. The number of H-pyrrole nitrogens is 1. The first kappa shape index (κ1) is 16.1. The van der Waals surface area contributed by atoms with E-state index in [0.717, 1.165) is 44.7 Å². The van der Waals surface area contributed by atoms with E-state index in [4.69, 9.17) is 4.42 Å². The van der Waals surface area contributed by atoms with Gasteiger partial charge in [0.1, 0.15) is 5.69 Å². The number of carbonyl (C=O) groups is 1. The average molecular weight is 337 g/mol. The van der Waals surface area contributed by atoms with Gasteiger partial charge in [-0.25, -0.2) is 0 Å². The predicted molar refractivity (Wildman–Crippen MR) is 88.6 cm³/mol. The number of nitrogens with one attached hydrogen (secondary N) is 2. The molecule has 23 heavy (non-hydrogen) atoms. The van der Waals surface area contributed by atoms with E-state index >= 15 is 0 Å². The largest absolute Gasteiger partial charge is 0.463 e. The van der Waals surface area contributed by atoms with Gasteiger partial charge >= 0.3 is 0 Å². The van der Waals surface area contributed by atoms with Crippen LogP contribution in [0.3, 0.4) is 0 Å². The Balaban J connectivity index is 0.00000156. The lowest BCUT2D eigenvalue weighted by atomic mass is 9.78. The van der Waals surface area contributed by atoms with E-state index in [-0.39, 0.29) is 18.3 Å². The third-order valence-corrected chi connectivity index (χ3v) is 5.03. The SMILES string of the molecule is Cl.O=C(c1cc(-c2ccco2)[nH]n1)N1CCC2(CCNC2)CC1. The second kappa shape index (κ2) is 6.37. The number of piperidine rings is 1. The van der Waals surface area contributed by atoms with Crippen LogP contribution < -0.4 is 5.32 Å². The number of halogens is 1. The van der Waals surface area contributed by atoms with Crippen molar-refractivity contribution in [2.24, 2.45) is 5.41 Å². The zero-order valence-electron chi connectivity index (χ0n) is 12.9. The van der Waals surface area contributed by atoms with E-state index in [1.54, 1.807) is 12.3 Å². The van der Waals surface area contributed by atoms with Gasteiger partial charge in [0.05, 0.1) is 6.26 Å². The van der Waals surface area contributed by atoms with Gasteiger partial charge in [-0.2, -0.15) is 5.10 Å². The molecule has 2 fully saturated rings. The van der Waals surface area contributed by atoms with Gasteiger partial charge in [0.2, 0.25) is 0 Å². The summed E-state index contributed by atoms with van der Waals surface area (Å²) in [5, 5.41) is 10.5. The molecule has 4 rings (SSSR count). The van der Waals surface area contributed by atoms with Crippen molar-refractivity contribution in [1.82, 2.24) is 20.4 Å². The van der Waals surface area contributed by atoms with Crippen LogP contribution in [0.25, 0.3) is 11.5 Å². The quantitative estimate of drug-likeness (QED) is 0.882. The number of rotatable bonds is 2. The Morgan fingerprint density at radius 1 is 1.30 bits per heavy atom. The number of aromatic amines is 1. The minimum atomic E-state index is 0. The van der Waals surface area contributed by atoms with Crippen LogP contribution in [-0.2, 0) is 0 Å². The van der Waals surface area contributed by atoms with Crippen LogP contribution in [0.5, 0.6) is 0 Å². The third-order valence-electron chi connectivity index (χ3n) is 5.03. The summed E-state index contributed by atoms with van der Waals surface area (Å²) in [7, 11) is 0. The number of carbonyl (C=O) groups excluding carboxylic acids is 1. The molecule has 2 aliphatic rings. The Kier molecular flexibility index (Phi) is 4.46. The summed E-state index contributed by atoms with van der Waals surface area (Å²) in [6.07, 6.45) is 5.01. The molecule has 0 bridgehead atoms. The second-order valence-corrected chi connectivity index (χ2v) is 6.36. The van der Waals surface area contributed by atoms with Crippen molar-refractivity contribution in [1.29, 1.82) is 0 Å². The van der Waals surface area contributed by atoms with Gasteiger partial charge in [-0.05, 0) is 43.4 Å². The highest BCUT2D eigenvalue weighted by Gasteiger charge is 2.38. The molecule has 1 amide bonds. The van der Waals surface area contributed by atoms with Crippen LogP contribution in [0, 0.1) is 5.41 Å². The van der Waals surface area contributed by atoms with Crippen LogP contribution in [0.15, 0.2) is 28.9 Å². The van der Waals surface area contributed by atoms with Gasteiger partial charge < -0.3 is 14.6 Å². The number of likely N-dealkylation sites (tertiary alicyclic amines) is 1. The van der Waals surface area contributed by atoms with E-state index in [0.29, 0.717) is 16.9 Å². The summed E-state index contributed by atoms with van der Waals surface area (Å²) in [6, 6.07) is 5.43. The molecule has 1 spiro atoms. The maximum atomic E-state index is 12.6. The summed E-state index contributed by atoms with van der Waals surface area (Å²) >= 11 is 0. The molecule has 4 heterocycles. The van der Waals surface area contributed by atoms with E-state index in [9.17, 15) is 4.79 Å². The molecule has 0 aromatic carbocycles. The Morgan fingerprint density at radius 3 is 2.78 bits per heavy atom. The fourth-order valence-electron chi connectivity index (χ4n) is 3.56. The summed E-state index contributed by atoms with van der Waals surface area (Å²) in [6.45, 7) is 3.85. The molecule has 0 atom stereocenters. The Labute approximate surface area is 141 Å². The van der Waals surface area contributed by atoms with Crippen LogP contribution in [-0.4, -0.2) is 47.2 Å². The summed E-state index contributed by atoms with van der Waals surface area (Å²) in [4.78, 5) is 14.5. The van der Waals surface area contributed by atoms with Crippen molar-refractivity contribution in [3.8, 4) is 11.5 Å². The first-order valence-corrected chi connectivity index (χ1v) is 7.85. The molecule has 0 unspecified atom stereocenters. The van der Waals surface area contributed by atoms with Crippen molar-refractivity contribution in [3.63, 3.8) is 0 Å². The van der Waals surface area contributed by atoms with E-state index in [1.165, 1.54) is 6.42 Å². The molecule has 2 aromatic heterocycles. The standard InChI is InChI=1S/C16H20N4O2.ClH/c21-15(13-10-12(18-19-13)14-2-1-9-22-14)20-7-4-16(5-8-20)3-6-17-11-16;/h1-2,9-10,17H,3-8,11H2,(H,18,19);1H. The molecule has 2 N–H and O–H groups in total. The summed E-state index contributed by atoms with van der Waals surface area (Å²) < 4.78 is 5.32. The normalized spacial score (nSPS) is 19.7. The maximum Gasteiger partial charge on any atom is 0.274 e.